The van der Waals surface area contributed by atoms with Crippen molar-refractivity contribution < 1.29 is 23.0 Å². The van der Waals surface area contributed by atoms with E-state index in [1.165, 1.54) is 21.3 Å². The number of rotatable bonds is 7. The van der Waals surface area contributed by atoms with E-state index in [0.717, 1.165) is 31.7 Å². The second-order valence-corrected chi connectivity index (χ2v) is 5.39. The van der Waals surface area contributed by atoms with Gasteiger partial charge in [-0.2, -0.15) is 0 Å². The van der Waals surface area contributed by atoms with Gasteiger partial charge in [-0.25, -0.2) is 8.78 Å². The lowest BCUT2D eigenvalue weighted by Gasteiger charge is -2.35. The van der Waals surface area contributed by atoms with Crippen molar-refractivity contribution in [1.82, 2.24) is 10.2 Å². The fourth-order valence-corrected chi connectivity index (χ4v) is 2.95. The Morgan fingerprint density at radius 2 is 1.61 bits per heavy atom. The zero-order chi connectivity index (χ0) is 16.8. The van der Waals surface area contributed by atoms with E-state index in [-0.39, 0.29) is 12.5 Å². The van der Waals surface area contributed by atoms with Crippen LogP contribution in [0.4, 0.5) is 8.78 Å². The fraction of sp³-hybridized carbons (Fsp3) is 0.625. The van der Waals surface area contributed by atoms with Gasteiger partial charge in [-0.05, 0) is 17.7 Å². The second-order valence-electron chi connectivity index (χ2n) is 5.39. The van der Waals surface area contributed by atoms with Crippen molar-refractivity contribution in [1.29, 1.82) is 0 Å². The van der Waals surface area contributed by atoms with Crippen LogP contribution in [0.5, 0.6) is 17.2 Å². The molecule has 0 unspecified atom stereocenters. The Bertz CT molecular complexity index is 483. The molecule has 0 aliphatic carbocycles. The van der Waals surface area contributed by atoms with Crippen LogP contribution in [0.25, 0.3) is 0 Å². The van der Waals surface area contributed by atoms with Crippen molar-refractivity contribution >= 4 is 0 Å². The zero-order valence-corrected chi connectivity index (χ0v) is 13.8. The summed E-state index contributed by atoms with van der Waals surface area (Å²) in [7, 11) is 4.56. The summed E-state index contributed by atoms with van der Waals surface area (Å²) in [5.41, 5.74) is 0.752. The number of methoxy groups -OCH3 is 3. The Balaban J connectivity index is 2.40. The first-order chi connectivity index (χ1) is 11.1. The molecule has 1 heterocycles. The molecule has 0 amide bonds. The molecule has 1 aliphatic rings. The predicted octanol–water partition coefficient (Wildman–Crippen LogP) is 2.31. The number of nitrogens with one attached hydrogen (secondary N) is 1. The van der Waals surface area contributed by atoms with E-state index in [2.05, 4.69) is 10.2 Å². The van der Waals surface area contributed by atoms with Crippen molar-refractivity contribution in [2.24, 2.45) is 0 Å². The molecule has 7 heteroatoms. The number of halogens is 2. The molecule has 1 N–H and O–H groups in total. The Kier molecular flexibility index (Phi) is 6.41. The van der Waals surface area contributed by atoms with Crippen LogP contribution in [-0.4, -0.2) is 58.8 Å². The summed E-state index contributed by atoms with van der Waals surface area (Å²) in [6.07, 6.45) is -2.60. The van der Waals surface area contributed by atoms with Crippen LogP contribution >= 0.6 is 0 Å². The highest BCUT2D eigenvalue weighted by Crippen LogP contribution is 2.41. The Morgan fingerprint density at radius 3 is 2.04 bits per heavy atom. The summed E-state index contributed by atoms with van der Waals surface area (Å²) in [6.45, 7) is 3.05. The summed E-state index contributed by atoms with van der Waals surface area (Å²) in [6, 6.07) is 3.14. The van der Waals surface area contributed by atoms with Crippen LogP contribution < -0.4 is 19.5 Å². The standard InChI is InChI=1S/C16H24F2N2O3/c1-21-13-8-11(9-14(22-2)16(13)23-3)12(10-15(17)18)20-6-4-19-5-7-20/h8-9,12,15,19H,4-7,10H2,1-3H3/t12-/m1/s1. The summed E-state index contributed by atoms with van der Waals surface area (Å²) >= 11 is 0. The molecule has 1 atom stereocenters. The lowest BCUT2D eigenvalue weighted by atomic mass is 10.00. The average Bonchev–Trinajstić information content (AvgIpc) is 2.58. The molecule has 23 heavy (non-hydrogen) atoms. The molecule has 0 aromatic heterocycles. The molecule has 0 radical (unpaired) electrons. The summed E-state index contributed by atoms with van der Waals surface area (Å²) in [4.78, 5) is 2.07. The Hall–Kier alpha value is -1.60. The molecule has 2 rings (SSSR count). The summed E-state index contributed by atoms with van der Waals surface area (Å²) in [5.74, 6) is 1.43. The van der Waals surface area contributed by atoms with Crippen LogP contribution in [0.15, 0.2) is 12.1 Å². The van der Waals surface area contributed by atoms with Crippen LogP contribution in [0.1, 0.15) is 18.0 Å². The van der Waals surface area contributed by atoms with Crippen LogP contribution in [0, 0.1) is 0 Å². The van der Waals surface area contributed by atoms with E-state index in [1.54, 1.807) is 12.1 Å². The molecule has 0 saturated carbocycles. The molecule has 0 bridgehead atoms. The monoisotopic (exact) mass is 330 g/mol. The van der Waals surface area contributed by atoms with Gasteiger partial charge in [0.2, 0.25) is 12.2 Å². The van der Waals surface area contributed by atoms with Crippen molar-refractivity contribution in [3.05, 3.63) is 17.7 Å². The Labute approximate surface area is 135 Å². The highest BCUT2D eigenvalue weighted by molar-refractivity contribution is 5.54. The zero-order valence-electron chi connectivity index (χ0n) is 13.8. The van der Waals surface area contributed by atoms with E-state index in [0.29, 0.717) is 17.2 Å². The quantitative estimate of drug-likeness (QED) is 0.831. The molecule has 1 aromatic rings. The first kappa shape index (κ1) is 17.7. The van der Waals surface area contributed by atoms with E-state index < -0.39 is 6.43 Å². The third kappa shape index (κ3) is 4.23. The number of piperazine rings is 1. The third-order valence-corrected chi connectivity index (χ3v) is 4.07. The van der Waals surface area contributed by atoms with Gasteiger partial charge < -0.3 is 19.5 Å². The van der Waals surface area contributed by atoms with E-state index in [1.807, 2.05) is 0 Å². The number of hydrogen-bond acceptors (Lipinski definition) is 5. The number of hydrogen-bond donors (Lipinski definition) is 1. The third-order valence-electron chi connectivity index (χ3n) is 4.07. The lowest BCUT2D eigenvalue weighted by molar-refractivity contribution is 0.0737. The number of benzene rings is 1. The van der Waals surface area contributed by atoms with Crippen LogP contribution in [0.2, 0.25) is 0 Å². The Morgan fingerprint density at radius 1 is 1.04 bits per heavy atom. The van der Waals surface area contributed by atoms with Crippen molar-refractivity contribution in [2.45, 2.75) is 18.9 Å². The first-order valence-electron chi connectivity index (χ1n) is 7.63. The second kappa shape index (κ2) is 8.31. The predicted molar refractivity (Wildman–Crippen MR) is 83.9 cm³/mol. The largest absolute Gasteiger partial charge is 0.493 e. The van der Waals surface area contributed by atoms with Gasteiger partial charge in [0.15, 0.2) is 11.5 Å². The van der Waals surface area contributed by atoms with Gasteiger partial charge in [0.25, 0.3) is 0 Å². The summed E-state index contributed by atoms with van der Waals surface area (Å²) < 4.78 is 42.2. The number of alkyl halides is 2. The fourth-order valence-electron chi connectivity index (χ4n) is 2.95. The average molecular weight is 330 g/mol. The van der Waals surface area contributed by atoms with E-state index in [4.69, 9.17) is 14.2 Å². The highest BCUT2D eigenvalue weighted by Gasteiger charge is 2.27. The normalized spacial score (nSPS) is 17.1. The van der Waals surface area contributed by atoms with Crippen LogP contribution in [0.3, 0.4) is 0 Å². The molecule has 1 saturated heterocycles. The smallest absolute Gasteiger partial charge is 0.240 e. The van der Waals surface area contributed by atoms with Gasteiger partial charge in [0, 0.05) is 38.6 Å². The number of nitrogens with zero attached hydrogens (tertiary/aromatic N) is 1. The minimum Gasteiger partial charge on any atom is -0.493 e. The SMILES string of the molecule is COc1cc([C@@H](CC(F)F)N2CCNCC2)cc(OC)c1OC. The molecule has 130 valence electrons. The summed E-state index contributed by atoms with van der Waals surface area (Å²) in [5, 5.41) is 3.24. The maximum Gasteiger partial charge on any atom is 0.240 e. The molecule has 1 aromatic carbocycles. The van der Waals surface area contributed by atoms with E-state index in [9.17, 15) is 8.78 Å². The van der Waals surface area contributed by atoms with Gasteiger partial charge >= 0.3 is 0 Å². The molecule has 1 fully saturated rings. The van der Waals surface area contributed by atoms with E-state index >= 15 is 0 Å². The van der Waals surface area contributed by atoms with Gasteiger partial charge in [-0.15, -0.1) is 0 Å². The number of ether oxygens (including phenoxy) is 3. The topological polar surface area (TPSA) is 43.0 Å². The molecule has 0 spiro atoms. The van der Waals surface area contributed by atoms with Crippen molar-refractivity contribution in [2.75, 3.05) is 47.5 Å². The van der Waals surface area contributed by atoms with Gasteiger partial charge in [-0.3, -0.25) is 4.90 Å². The van der Waals surface area contributed by atoms with Gasteiger partial charge in [0.1, 0.15) is 0 Å². The molecule has 1 aliphatic heterocycles. The van der Waals surface area contributed by atoms with Gasteiger partial charge in [0.05, 0.1) is 21.3 Å². The maximum absolute atomic E-state index is 13.1. The maximum atomic E-state index is 13.1. The highest BCUT2D eigenvalue weighted by atomic mass is 19.3. The van der Waals surface area contributed by atoms with Crippen molar-refractivity contribution in [3.8, 4) is 17.2 Å². The molecular weight excluding hydrogens is 306 g/mol. The van der Waals surface area contributed by atoms with Crippen molar-refractivity contribution in [3.63, 3.8) is 0 Å². The molecule has 5 nitrogen and oxygen atoms in total. The lowest BCUT2D eigenvalue weighted by Crippen LogP contribution is -2.45. The van der Waals surface area contributed by atoms with Gasteiger partial charge in [-0.1, -0.05) is 0 Å². The minimum absolute atomic E-state index is 0.224. The first-order valence-corrected chi connectivity index (χ1v) is 7.63. The minimum atomic E-state index is -2.38. The molecular formula is C16H24F2N2O3. The van der Waals surface area contributed by atoms with Crippen LogP contribution in [-0.2, 0) is 0 Å².